The summed E-state index contributed by atoms with van der Waals surface area (Å²) >= 11 is 6.10. The summed E-state index contributed by atoms with van der Waals surface area (Å²) in [6.45, 7) is 0.784. The second kappa shape index (κ2) is 8.88. The fraction of sp³-hybridized carbons (Fsp3) is 0.533. The Balaban J connectivity index is 2.88. The van der Waals surface area contributed by atoms with E-state index in [2.05, 4.69) is 5.32 Å². The lowest BCUT2D eigenvalue weighted by molar-refractivity contribution is 0.0118. The monoisotopic (exact) mass is 350 g/mol. The number of unbranched alkanes of at least 4 members (excludes halogenated alkanes) is 1. The number of methoxy groups -OCH3 is 1. The highest BCUT2D eigenvalue weighted by Gasteiger charge is 2.27. The molecule has 0 aliphatic rings. The fourth-order valence-electron chi connectivity index (χ4n) is 1.69. The first kappa shape index (κ1) is 19.4. The van der Waals surface area contributed by atoms with Gasteiger partial charge in [-0.1, -0.05) is 24.9 Å². The van der Waals surface area contributed by atoms with Crippen molar-refractivity contribution in [3.8, 4) is 11.5 Å². The van der Waals surface area contributed by atoms with Crippen LogP contribution in [0.25, 0.3) is 0 Å². The molecule has 130 valence electrons. The molecule has 1 aromatic rings. The number of benzene rings is 1. The summed E-state index contributed by atoms with van der Waals surface area (Å²) in [6, 6.07) is 2.74. The number of amides is 1. The average Bonchev–Trinajstić information content (AvgIpc) is 2.53. The van der Waals surface area contributed by atoms with Crippen molar-refractivity contribution in [2.24, 2.45) is 5.73 Å². The van der Waals surface area contributed by atoms with Gasteiger partial charge in [-0.3, -0.25) is 4.79 Å². The highest BCUT2D eigenvalue weighted by atomic mass is 35.5. The van der Waals surface area contributed by atoms with Crippen molar-refractivity contribution in [3.63, 3.8) is 0 Å². The number of rotatable bonds is 9. The lowest BCUT2D eigenvalue weighted by atomic mass is 10.1. The zero-order valence-corrected chi connectivity index (χ0v) is 13.9. The Morgan fingerprint density at radius 2 is 2.13 bits per heavy atom. The lowest BCUT2D eigenvalue weighted by Crippen LogP contribution is -2.41. The Morgan fingerprint density at radius 3 is 2.70 bits per heavy atom. The van der Waals surface area contributed by atoms with E-state index in [1.54, 1.807) is 0 Å². The van der Waals surface area contributed by atoms with Crippen molar-refractivity contribution in [1.29, 1.82) is 0 Å². The summed E-state index contributed by atoms with van der Waals surface area (Å²) in [6.07, 6.45) is 1.80. The van der Waals surface area contributed by atoms with Crippen LogP contribution >= 0.6 is 11.6 Å². The molecule has 0 saturated heterocycles. The van der Waals surface area contributed by atoms with E-state index >= 15 is 0 Å². The Labute approximate surface area is 139 Å². The quantitative estimate of drug-likeness (QED) is 0.672. The molecule has 0 fully saturated rings. The number of alkyl halides is 2. The minimum absolute atomic E-state index is 0.0995. The van der Waals surface area contributed by atoms with Crippen LogP contribution in [0.1, 0.15) is 30.1 Å². The van der Waals surface area contributed by atoms with Gasteiger partial charge in [-0.2, -0.15) is 0 Å². The average molecular weight is 351 g/mol. The molecule has 1 aromatic carbocycles. The van der Waals surface area contributed by atoms with E-state index in [-0.39, 0.29) is 16.3 Å². The van der Waals surface area contributed by atoms with Gasteiger partial charge < -0.3 is 20.5 Å². The third kappa shape index (κ3) is 5.84. The number of carbonyl (C=O) groups is 1. The second-order valence-electron chi connectivity index (χ2n) is 4.93. The summed E-state index contributed by atoms with van der Waals surface area (Å²) in [5.41, 5.74) is 5.02. The third-order valence-electron chi connectivity index (χ3n) is 3.04. The molecule has 0 spiro atoms. The van der Waals surface area contributed by atoms with Crippen LogP contribution in [-0.2, 0) is 0 Å². The van der Waals surface area contributed by atoms with Gasteiger partial charge in [0, 0.05) is 5.56 Å². The Morgan fingerprint density at radius 1 is 1.43 bits per heavy atom. The molecule has 1 amide bonds. The number of carbonyl (C=O) groups excluding carboxylic acids is 1. The Hall–Kier alpha value is -1.60. The van der Waals surface area contributed by atoms with Gasteiger partial charge in [-0.15, -0.1) is 0 Å². The van der Waals surface area contributed by atoms with E-state index in [0.717, 1.165) is 12.8 Å². The molecule has 0 atom stereocenters. The van der Waals surface area contributed by atoms with Gasteiger partial charge in [0.2, 0.25) is 0 Å². The molecule has 0 radical (unpaired) electrons. The van der Waals surface area contributed by atoms with Crippen LogP contribution in [0, 0.1) is 0 Å². The maximum atomic E-state index is 13.1. The SMILES string of the molecule is CCCCOc1c(Cl)cc(C(=O)NCC(F)(F)CN)cc1OC. The van der Waals surface area contributed by atoms with Gasteiger partial charge in [-0.25, -0.2) is 8.78 Å². The van der Waals surface area contributed by atoms with Gasteiger partial charge in [0.05, 0.1) is 31.8 Å². The normalized spacial score (nSPS) is 11.2. The number of nitrogens with one attached hydrogen (secondary N) is 1. The van der Waals surface area contributed by atoms with Crippen LogP contribution in [0.4, 0.5) is 8.78 Å². The van der Waals surface area contributed by atoms with Crippen LogP contribution in [0.5, 0.6) is 11.5 Å². The largest absolute Gasteiger partial charge is 0.493 e. The van der Waals surface area contributed by atoms with Crippen molar-refractivity contribution >= 4 is 17.5 Å². The number of hydrogen-bond acceptors (Lipinski definition) is 4. The van der Waals surface area contributed by atoms with Gasteiger partial charge in [0.15, 0.2) is 11.5 Å². The minimum atomic E-state index is -3.16. The molecule has 0 heterocycles. The zero-order valence-electron chi connectivity index (χ0n) is 13.1. The predicted octanol–water partition coefficient (Wildman–Crippen LogP) is 2.85. The van der Waals surface area contributed by atoms with E-state index in [1.165, 1.54) is 19.2 Å². The maximum absolute atomic E-state index is 13.1. The predicted molar refractivity (Wildman–Crippen MR) is 84.7 cm³/mol. The zero-order chi connectivity index (χ0) is 17.5. The number of halogens is 3. The summed E-state index contributed by atoms with van der Waals surface area (Å²) in [5, 5.41) is 2.29. The molecule has 3 N–H and O–H groups in total. The molecule has 0 aromatic heterocycles. The third-order valence-corrected chi connectivity index (χ3v) is 3.32. The first-order valence-electron chi connectivity index (χ1n) is 7.21. The highest BCUT2D eigenvalue weighted by molar-refractivity contribution is 6.32. The van der Waals surface area contributed by atoms with E-state index in [1.807, 2.05) is 6.92 Å². The van der Waals surface area contributed by atoms with Crippen LogP contribution in [0.15, 0.2) is 12.1 Å². The lowest BCUT2D eigenvalue weighted by Gasteiger charge is -2.16. The van der Waals surface area contributed by atoms with Gasteiger partial charge in [-0.05, 0) is 18.6 Å². The fourth-order valence-corrected chi connectivity index (χ4v) is 1.96. The van der Waals surface area contributed by atoms with Gasteiger partial charge in [0.25, 0.3) is 11.8 Å². The summed E-state index contributed by atoms with van der Waals surface area (Å²) in [5.74, 6) is -3.26. The molecular weight excluding hydrogens is 330 g/mol. The molecule has 0 unspecified atom stereocenters. The van der Waals surface area contributed by atoms with Crippen molar-refractivity contribution in [3.05, 3.63) is 22.7 Å². The number of hydrogen-bond donors (Lipinski definition) is 2. The smallest absolute Gasteiger partial charge is 0.277 e. The highest BCUT2D eigenvalue weighted by Crippen LogP contribution is 2.36. The second-order valence-corrected chi connectivity index (χ2v) is 5.34. The number of nitrogens with two attached hydrogens (primary N) is 1. The van der Waals surface area contributed by atoms with Crippen molar-refractivity contribution < 1.29 is 23.0 Å². The van der Waals surface area contributed by atoms with E-state index in [9.17, 15) is 13.6 Å². The van der Waals surface area contributed by atoms with Crippen molar-refractivity contribution in [2.75, 3.05) is 26.8 Å². The van der Waals surface area contributed by atoms with Crippen LogP contribution < -0.4 is 20.5 Å². The molecule has 0 aliphatic carbocycles. The molecule has 8 heteroatoms. The van der Waals surface area contributed by atoms with Crippen molar-refractivity contribution in [1.82, 2.24) is 5.32 Å². The first-order valence-corrected chi connectivity index (χ1v) is 7.58. The van der Waals surface area contributed by atoms with Crippen LogP contribution in [0.2, 0.25) is 5.02 Å². The molecular formula is C15H21ClF2N2O3. The molecule has 0 aliphatic heterocycles. The molecule has 1 rings (SSSR count). The summed E-state index contributed by atoms with van der Waals surface area (Å²) in [7, 11) is 1.41. The van der Waals surface area contributed by atoms with E-state index in [0.29, 0.717) is 12.4 Å². The molecule has 0 bridgehead atoms. The minimum Gasteiger partial charge on any atom is -0.493 e. The molecule has 0 saturated carbocycles. The summed E-state index contributed by atoms with van der Waals surface area (Å²) in [4.78, 5) is 12.0. The van der Waals surface area contributed by atoms with Crippen molar-refractivity contribution in [2.45, 2.75) is 25.7 Å². The maximum Gasteiger partial charge on any atom is 0.277 e. The summed E-state index contributed by atoms with van der Waals surface area (Å²) < 4.78 is 36.9. The Bertz CT molecular complexity index is 542. The topological polar surface area (TPSA) is 73.6 Å². The number of ether oxygens (including phenoxy) is 2. The van der Waals surface area contributed by atoms with E-state index in [4.69, 9.17) is 26.8 Å². The first-order chi connectivity index (χ1) is 10.8. The van der Waals surface area contributed by atoms with E-state index < -0.39 is 24.9 Å². The van der Waals surface area contributed by atoms with Crippen LogP contribution in [-0.4, -0.2) is 38.6 Å². The van der Waals surface area contributed by atoms with Gasteiger partial charge >= 0.3 is 0 Å². The van der Waals surface area contributed by atoms with Crippen LogP contribution in [0.3, 0.4) is 0 Å². The van der Waals surface area contributed by atoms with Gasteiger partial charge in [0.1, 0.15) is 0 Å². The molecule has 23 heavy (non-hydrogen) atoms. The Kier molecular flexibility index (Phi) is 7.51. The standard InChI is InChI=1S/C15H21ClF2N2O3/c1-3-4-5-23-13-11(16)6-10(7-12(13)22-2)14(21)20-9-15(17,18)8-19/h6-7H,3-5,8-9,19H2,1-2H3,(H,20,21). The molecule has 5 nitrogen and oxygen atoms in total.